The van der Waals surface area contributed by atoms with Gasteiger partial charge in [0.05, 0.1) is 0 Å². The molecule has 0 saturated heterocycles. The number of carbonyl (C=O) groups excluding carboxylic acids is 1. The molecule has 86 valence electrons. The van der Waals surface area contributed by atoms with Gasteiger partial charge in [0.25, 0.3) is 0 Å². The van der Waals surface area contributed by atoms with E-state index in [0.29, 0.717) is 6.54 Å². The van der Waals surface area contributed by atoms with Gasteiger partial charge in [-0.05, 0) is 18.3 Å². The average Bonchev–Trinajstić information content (AvgIpc) is 2.28. The molecule has 5 heteroatoms. The molecule has 1 aromatic carbocycles. The van der Waals surface area contributed by atoms with Crippen LogP contribution in [0.15, 0.2) is 30.3 Å². The molecule has 0 spiro atoms. The van der Waals surface area contributed by atoms with Gasteiger partial charge in [-0.25, -0.2) is 0 Å². The number of benzene rings is 1. The Bertz CT molecular complexity index is 316. The van der Waals surface area contributed by atoms with Crippen LogP contribution in [0, 0.1) is 0 Å². The Morgan fingerprint density at radius 2 is 1.94 bits per heavy atom. The lowest BCUT2D eigenvalue weighted by Crippen LogP contribution is -2.27. The smallest absolute Gasteiger partial charge is 0.427 e. The maximum Gasteiger partial charge on any atom is 0.451 e. The fourth-order valence-electron chi connectivity index (χ4n) is 1.34. The zero-order valence-electron chi connectivity index (χ0n) is 9.10. The van der Waals surface area contributed by atoms with Crippen LogP contribution in [0.3, 0.4) is 0 Å². The van der Waals surface area contributed by atoms with Gasteiger partial charge in [0, 0.05) is 13.0 Å². The van der Waals surface area contributed by atoms with Crippen LogP contribution in [0.25, 0.3) is 0 Å². The fraction of sp³-hybridized carbons (Fsp3) is 0.364. The molecule has 1 amide bonds. The van der Waals surface area contributed by atoms with Gasteiger partial charge in [-0.2, -0.15) is 0 Å². The number of rotatable bonds is 6. The Balaban J connectivity index is 2.13. The minimum absolute atomic E-state index is 0.0805. The molecule has 0 aliphatic carbocycles. The van der Waals surface area contributed by atoms with Crippen molar-refractivity contribution < 1.29 is 14.8 Å². The summed E-state index contributed by atoms with van der Waals surface area (Å²) in [6.07, 6.45) is 1.01. The third kappa shape index (κ3) is 5.53. The number of nitrogens with one attached hydrogen (secondary N) is 1. The summed E-state index contributed by atoms with van der Waals surface area (Å²) in [5.41, 5.74) is 1.17. The second kappa shape index (κ2) is 7.03. The summed E-state index contributed by atoms with van der Waals surface area (Å²) in [5.74, 6) is -0.149. The Hall–Kier alpha value is -1.33. The lowest BCUT2D eigenvalue weighted by molar-refractivity contribution is -0.120. The molecular weight excluding hydrogens is 205 g/mol. The third-order valence-electron chi connectivity index (χ3n) is 2.21. The largest absolute Gasteiger partial charge is 0.451 e. The summed E-state index contributed by atoms with van der Waals surface area (Å²) in [7, 11) is -1.40. The quantitative estimate of drug-likeness (QED) is 0.601. The Kier molecular flexibility index (Phi) is 5.60. The minimum Gasteiger partial charge on any atom is -0.427 e. The SMILES string of the molecule is O=C(CCB(O)O)NCCc1ccccc1. The van der Waals surface area contributed by atoms with E-state index in [4.69, 9.17) is 10.0 Å². The van der Waals surface area contributed by atoms with E-state index in [1.54, 1.807) is 0 Å². The van der Waals surface area contributed by atoms with Crippen LogP contribution in [0.4, 0.5) is 0 Å². The summed E-state index contributed by atoms with van der Waals surface area (Å²) in [6.45, 7) is 0.574. The van der Waals surface area contributed by atoms with Crippen LogP contribution in [-0.2, 0) is 11.2 Å². The number of amides is 1. The van der Waals surface area contributed by atoms with E-state index in [1.165, 1.54) is 5.56 Å². The second-order valence-corrected chi connectivity index (χ2v) is 3.60. The van der Waals surface area contributed by atoms with E-state index in [0.717, 1.165) is 6.42 Å². The standard InChI is InChI=1S/C11H16BNO3/c14-11(6-8-12(15)16)13-9-7-10-4-2-1-3-5-10/h1-5,15-16H,6-9H2,(H,13,14). The van der Waals surface area contributed by atoms with Crippen molar-refractivity contribution in [3.05, 3.63) is 35.9 Å². The van der Waals surface area contributed by atoms with E-state index >= 15 is 0 Å². The molecule has 1 rings (SSSR count). The van der Waals surface area contributed by atoms with Gasteiger partial charge in [-0.15, -0.1) is 0 Å². The van der Waals surface area contributed by atoms with Crippen molar-refractivity contribution in [1.82, 2.24) is 5.32 Å². The van der Waals surface area contributed by atoms with E-state index in [2.05, 4.69) is 5.32 Å². The van der Waals surface area contributed by atoms with Crippen LogP contribution >= 0.6 is 0 Å². The van der Waals surface area contributed by atoms with Gasteiger partial charge in [-0.3, -0.25) is 4.79 Å². The van der Waals surface area contributed by atoms with Gasteiger partial charge in [0.15, 0.2) is 0 Å². The first-order valence-electron chi connectivity index (χ1n) is 5.35. The predicted octanol–water partition coefficient (Wildman–Crippen LogP) is 0.208. The van der Waals surface area contributed by atoms with Crippen molar-refractivity contribution in [3.63, 3.8) is 0 Å². The molecule has 0 heterocycles. The summed E-state index contributed by atoms with van der Waals surface area (Å²) >= 11 is 0. The lowest BCUT2D eigenvalue weighted by atomic mass is 9.84. The van der Waals surface area contributed by atoms with Crippen molar-refractivity contribution in [2.24, 2.45) is 0 Å². The van der Waals surface area contributed by atoms with Gasteiger partial charge in [0.2, 0.25) is 5.91 Å². The topological polar surface area (TPSA) is 69.6 Å². The first kappa shape index (κ1) is 12.7. The van der Waals surface area contributed by atoms with Gasteiger partial charge >= 0.3 is 7.12 Å². The summed E-state index contributed by atoms with van der Waals surface area (Å²) in [6, 6.07) is 9.87. The Morgan fingerprint density at radius 3 is 2.56 bits per heavy atom. The summed E-state index contributed by atoms with van der Waals surface area (Å²) in [5, 5.41) is 19.9. The molecule has 0 aliphatic heterocycles. The van der Waals surface area contributed by atoms with Crippen LogP contribution in [0.5, 0.6) is 0 Å². The molecule has 3 N–H and O–H groups in total. The number of hydrogen-bond donors (Lipinski definition) is 3. The highest BCUT2D eigenvalue weighted by molar-refractivity contribution is 6.41. The van der Waals surface area contributed by atoms with E-state index in [9.17, 15) is 4.79 Å². The van der Waals surface area contributed by atoms with Crippen LogP contribution in [-0.4, -0.2) is 29.6 Å². The first-order valence-corrected chi connectivity index (χ1v) is 5.35. The molecule has 1 aromatic rings. The molecule has 0 radical (unpaired) electrons. The van der Waals surface area contributed by atoms with Crippen LogP contribution in [0.1, 0.15) is 12.0 Å². The van der Waals surface area contributed by atoms with E-state index < -0.39 is 7.12 Å². The molecular formula is C11H16BNO3. The van der Waals surface area contributed by atoms with E-state index in [-0.39, 0.29) is 18.6 Å². The predicted molar refractivity (Wildman–Crippen MR) is 62.8 cm³/mol. The normalized spacial score (nSPS) is 9.88. The van der Waals surface area contributed by atoms with E-state index in [1.807, 2.05) is 30.3 Å². The Morgan fingerprint density at radius 1 is 1.25 bits per heavy atom. The van der Waals surface area contributed by atoms with Crippen LogP contribution < -0.4 is 5.32 Å². The van der Waals surface area contributed by atoms with Gasteiger partial charge in [0.1, 0.15) is 0 Å². The molecule has 0 fully saturated rings. The van der Waals surface area contributed by atoms with Gasteiger partial charge in [-0.1, -0.05) is 30.3 Å². The van der Waals surface area contributed by atoms with Gasteiger partial charge < -0.3 is 15.4 Å². The molecule has 0 atom stereocenters. The maximum absolute atomic E-state index is 11.2. The van der Waals surface area contributed by atoms with Crippen LogP contribution in [0.2, 0.25) is 6.32 Å². The third-order valence-corrected chi connectivity index (χ3v) is 2.21. The highest BCUT2D eigenvalue weighted by Gasteiger charge is 2.09. The molecule has 0 aliphatic rings. The molecule has 4 nitrogen and oxygen atoms in total. The number of hydrogen-bond acceptors (Lipinski definition) is 3. The minimum atomic E-state index is -1.40. The highest BCUT2D eigenvalue weighted by Crippen LogP contribution is 1.98. The molecule has 0 aromatic heterocycles. The summed E-state index contributed by atoms with van der Waals surface area (Å²) < 4.78 is 0. The highest BCUT2D eigenvalue weighted by atomic mass is 16.4. The van der Waals surface area contributed by atoms with Crippen molar-refractivity contribution >= 4 is 13.0 Å². The lowest BCUT2D eigenvalue weighted by Gasteiger charge is -2.04. The zero-order valence-corrected chi connectivity index (χ0v) is 9.10. The second-order valence-electron chi connectivity index (χ2n) is 3.60. The Labute approximate surface area is 95.4 Å². The zero-order chi connectivity index (χ0) is 11.8. The first-order chi connectivity index (χ1) is 7.68. The monoisotopic (exact) mass is 221 g/mol. The van der Waals surface area contributed by atoms with Crippen molar-refractivity contribution in [2.45, 2.75) is 19.2 Å². The number of carbonyl (C=O) groups is 1. The molecule has 0 bridgehead atoms. The maximum atomic E-state index is 11.2. The molecule has 16 heavy (non-hydrogen) atoms. The van der Waals surface area contributed by atoms with Crippen molar-refractivity contribution in [1.29, 1.82) is 0 Å². The molecule has 0 unspecified atom stereocenters. The average molecular weight is 221 g/mol. The summed E-state index contributed by atoms with van der Waals surface area (Å²) in [4.78, 5) is 11.2. The fourth-order valence-corrected chi connectivity index (χ4v) is 1.34. The van der Waals surface area contributed by atoms with Crippen molar-refractivity contribution in [2.75, 3.05) is 6.54 Å². The van der Waals surface area contributed by atoms with Crippen molar-refractivity contribution in [3.8, 4) is 0 Å². The molecule has 0 saturated carbocycles.